The zero-order valence-electron chi connectivity index (χ0n) is 22.7. The first kappa shape index (κ1) is 38.4. The number of hydrogen-bond donors (Lipinski definition) is 13. The van der Waals surface area contributed by atoms with E-state index in [2.05, 4.69) is 39.2 Å². The van der Waals surface area contributed by atoms with Gasteiger partial charge in [0.2, 0.25) is 35.4 Å². The number of nitrogens with two attached hydrogens (primary N) is 3. The van der Waals surface area contributed by atoms with Gasteiger partial charge in [-0.05, 0) is 25.8 Å². The van der Waals surface area contributed by atoms with Crippen LogP contribution in [0.15, 0.2) is 0 Å². The summed E-state index contributed by atoms with van der Waals surface area (Å²) in [5, 5.41) is 48.0. The van der Waals surface area contributed by atoms with Crippen LogP contribution < -0.4 is 43.8 Å². The summed E-state index contributed by atoms with van der Waals surface area (Å²) in [6.07, 6.45) is -0.0910. The Balaban J connectivity index is 5.70. The molecule has 0 aliphatic rings. The van der Waals surface area contributed by atoms with E-state index in [1.165, 1.54) is 0 Å². The largest absolute Gasteiger partial charge is 0.480 e. The van der Waals surface area contributed by atoms with Crippen LogP contribution in [-0.2, 0) is 33.6 Å². The third kappa shape index (κ3) is 13.9. The molecule has 0 bridgehead atoms. The summed E-state index contributed by atoms with van der Waals surface area (Å²) in [6, 6.07) is -9.20. The summed E-state index contributed by atoms with van der Waals surface area (Å²) in [6.45, 7) is -2.63. The van der Waals surface area contributed by atoms with Crippen LogP contribution in [0.2, 0.25) is 0 Å². The zero-order chi connectivity index (χ0) is 32.4. The van der Waals surface area contributed by atoms with Crippen molar-refractivity contribution >= 4 is 54.0 Å². The maximum absolute atomic E-state index is 13.0. The normalized spacial score (nSPS) is 15.1. The topological polar surface area (TPSA) is 339 Å². The van der Waals surface area contributed by atoms with Crippen LogP contribution in [-0.4, -0.2) is 130 Å². The Bertz CT molecular complexity index is 957. The molecular weight excluding hydrogens is 584 g/mol. The van der Waals surface area contributed by atoms with E-state index in [0.717, 1.165) is 0 Å². The molecule has 0 radical (unpaired) electrons. The second-order valence-electron chi connectivity index (χ2n) is 8.94. The van der Waals surface area contributed by atoms with Gasteiger partial charge in [-0.2, -0.15) is 12.6 Å². The number of aliphatic hydroxyl groups excluding tert-OH is 3. The molecule has 0 fully saturated rings. The molecule has 0 saturated carbocycles. The fourth-order valence-electron chi connectivity index (χ4n) is 3.20. The first-order valence-electron chi connectivity index (χ1n) is 12.7. The van der Waals surface area contributed by atoms with Crippen molar-refractivity contribution in [3.8, 4) is 0 Å². The van der Waals surface area contributed by atoms with E-state index in [4.69, 9.17) is 22.3 Å². The molecule has 0 aromatic heterocycles. The second kappa shape index (κ2) is 20.3. The van der Waals surface area contributed by atoms with Gasteiger partial charge in [0.1, 0.15) is 30.2 Å². The van der Waals surface area contributed by atoms with Crippen molar-refractivity contribution in [2.75, 3.05) is 32.1 Å². The summed E-state index contributed by atoms with van der Waals surface area (Å²) in [4.78, 5) is 85.7. The van der Waals surface area contributed by atoms with Crippen LogP contribution in [0.25, 0.3) is 0 Å². The number of amides is 6. The Hall–Kier alpha value is -3.56. The Morgan fingerprint density at radius 2 is 1.05 bits per heavy atom. The first-order valence-corrected chi connectivity index (χ1v) is 13.3. The number of nitrogens with one attached hydrogen (secondary N) is 5. The van der Waals surface area contributed by atoms with E-state index < -0.39 is 104 Å². The highest BCUT2D eigenvalue weighted by Crippen LogP contribution is 2.04. The molecule has 0 aromatic carbocycles. The highest BCUT2D eigenvalue weighted by atomic mass is 32.1. The lowest BCUT2D eigenvalue weighted by molar-refractivity contribution is -0.143. The Kier molecular flexibility index (Phi) is 18.6. The van der Waals surface area contributed by atoms with Crippen LogP contribution in [0.5, 0.6) is 0 Å². The molecule has 6 atom stereocenters. The molecule has 0 aliphatic carbocycles. The monoisotopic (exact) mass is 624 g/mol. The van der Waals surface area contributed by atoms with Gasteiger partial charge in [0.05, 0.1) is 32.3 Å². The number of hydrogen-bond acceptors (Lipinski definition) is 13. The summed E-state index contributed by atoms with van der Waals surface area (Å²) >= 11 is 3.85. The van der Waals surface area contributed by atoms with Crippen LogP contribution in [0.1, 0.15) is 25.7 Å². The molecule has 0 saturated heterocycles. The number of carboxylic acid groups (broad SMARTS) is 1. The van der Waals surface area contributed by atoms with Crippen LogP contribution in [0, 0.1) is 0 Å². The van der Waals surface area contributed by atoms with Crippen LogP contribution >= 0.6 is 12.6 Å². The van der Waals surface area contributed by atoms with E-state index in [9.17, 15) is 48.9 Å². The van der Waals surface area contributed by atoms with Crippen LogP contribution in [0.3, 0.4) is 0 Å². The minimum Gasteiger partial charge on any atom is -0.480 e. The Labute approximate surface area is 246 Å². The van der Waals surface area contributed by atoms with Gasteiger partial charge in [-0.3, -0.25) is 28.8 Å². The van der Waals surface area contributed by atoms with Crippen molar-refractivity contribution in [2.24, 2.45) is 17.2 Å². The van der Waals surface area contributed by atoms with Crippen molar-refractivity contribution in [3.63, 3.8) is 0 Å². The SMILES string of the molecule is NCCCC[C@H](NC(=O)[C@H](CC(N)=O)NC(=O)[C@H](CO)NC(=O)[C@H](CO)NC(=O)[C@@H](N)CS)C(=O)N[C@@H](CO)C(=O)O. The molecule has 0 aromatic rings. The third-order valence-electron chi connectivity index (χ3n) is 5.58. The summed E-state index contributed by atoms with van der Waals surface area (Å²) in [7, 11) is 0. The molecule has 19 nitrogen and oxygen atoms in total. The number of carboxylic acids is 1. The number of carbonyl (C=O) groups excluding carboxylic acids is 6. The molecule has 15 N–H and O–H groups in total. The first-order chi connectivity index (χ1) is 19.7. The van der Waals surface area contributed by atoms with Gasteiger partial charge in [0.25, 0.3) is 0 Å². The molecular formula is C22H40N8O11S. The molecule has 42 heavy (non-hydrogen) atoms. The summed E-state index contributed by atoms with van der Waals surface area (Å²) < 4.78 is 0. The smallest absolute Gasteiger partial charge is 0.328 e. The number of carbonyl (C=O) groups is 7. The van der Waals surface area contributed by atoms with Crippen molar-refractivity contribution in [1.82, 2.24) is 26.6 Å². The highest BCUT2D eigenvalue weighted by Gasteiger charge is 2.33. The lowest BCUT2D eigenvalue weighted by atomic mass is 10.1. The molecule has 0 unspecified atom stereocenters. The van der Waals surface area contributed by atoms with Gasteiger partial charge in [0, 0.05) is 5.75 Å². The fourth-order valence-corrected chi connectivity index (χ4v) is 3.36. The van der Waals surface area contributed by atoms with E-state index in [0.29, 0.717) is 12.8 Å². The number of primary amides is 1. The van der Waals surface area contributed by atoms with E-state index >= 15 is 0 Å². The van der Waals surface area contributed by atoms with E-state index in [-0.39, 0.29) is 18.7 Å². The van der Waals surface area contributed by atoms with Gasteiger partial charge in [-0.15, -0.1) is 0 Å². The number of aliphatic carboxylic acids is 1. The third-order valence-corrected chi connectivity index (χ3v) is 5.97. The Morgan fingerprint density at radius 1 is 0.643 bits per heavy atom. The molecule has 0 aliphatic heterocycles. The van der Waals surface area contributed by atoms with E-state index in [1.807, 2.05) is 0 Å². The predicted molar refractivity (Wildman–Crippen MR) is 147 cm³/mol. The van der Waals surface area contributed by atoms with Gasteiger partial charge in [-0.25, -0.2) is 4.79 Å². The van der Waals surface area contributed by atoms with E-state index in [1.54, 1.807) is 0 Å². The number of aliphatic hydroxyl groups is 3. The number of rotatable bonds is 21. The standard InChI is InChI=1S/C22H40N8O11S/c23-4-2-1-3-11(18(36)30-15(8-33)22(40)41)26-19(37)12(5-16(25)34)27-20(38)14(7-32)29-21(39)13(6-31)28-17(35)10(24)9-42/h10-15,31-33,42H,1-9,23-24H2,(H2,25,34)(H,26,37)(H,27,38)(H,28,35)(H,29,39)(H,30,36)(H,40,41)/t10-,11-,12-,13-,14-,15-/m0/s1. The lowest BCUT2D eigenvalue weighted by Crippen LogP contribution is -2.61. The molecule has 0 heterocycles. The molecule has 6 amide bonds. The van der Waals surface area contributed by atoms with Gasteiger partial charge < -0.3 is 64.2 Å². The minimum absolute atomic E-state index is 0.0375. The zero-order valence-corrected chi connectivity index (χ0v) is 23.5. The summed E-state index contributed by atoms with van der Waals surface area (Å²) in [5.74, 6) is -7.88. The van der Waals surface area contributed by atoms with Crippen molar-refractivity contribution in [3.05, 3.63) is 0 Å². The maximum Gasteiger partial charge on any atom is 0.328 e. The predicted octanol–water partition coefficient (Wildman–Crippen LogP) is -7.27. The summed E-state index contributed by atoms with van der Waals surface area (Å²) in [5.41, 5.74) is 16.1. The number of thiol groups is 1. The van der Waals surface area contributed by atoms with Crippen molar-refractivity contribution in [2.45, 2.75) is 61.9 Å². The average molecular weight is 625 g/mol. The average Bonchev–Trinajstić information content (AvgIpc) is 2.94. The molecule has 20 heteroatoms. The Morgan fingerprint density at radius 3 is 1.48 bits per heavy atom. The number of unbranched alkanes of at least 4 members (excludes halogenated alkanes) is 1. The van der Waals surface area contributed by atoms with Gasteiger partial charge >= 0.3 is 5.97 Å². The fraction of sp³-hybridized carbons (Fsp3) is 0.682. The second-order valence-corrected chi connectivity index (χ2v) is 9.30. The molecule has 0 rings (SSSR count). The van der Waals surface area contributed by atoms with Gasteiger partial charge in [-0.1, -0.05) is 0 Å². The van der Waals surface area contributed by atoms with Gasteiger partial charge in [0.15, 0.2) is 0 Å². The van der Waals surface area contributed by atoms with Crippen molar-refractivity contribution in [1.29, 1.82) is 0 Å². The van der Waals surface area contributed by atoms with Crippen molar-refractivity contribution < 1.29 is 54.0 Å². The van der Waals surface area contributed by atoms with Crippen LogP contribution in [0.4, 0.5) is 0 Å². The highest BCUT2D eigenvalue weighted by molar-refractivity contribution is 7.80. The lowest BCUT2D eigenvalue weighted by Gasteiger charge is -2.25. The molecule has 0 spiro atoms. The maximum atomic E-state index is 13.0. The minimum atomic E-state index is -1.74. The quantitative estimate of drug-likeness (QED) is 0.0417. The molecule has 240 valence electrons.